The minimum absolute atomic E-state index is 0.364. The van der Waals surface area contributed by atoms with E-state index < -0.39 is 5.97 Å². The van der Waals surface area contributed by atoms with Gasteiger partial charge in [0, 0.05) is 12.2 Å². The highest BCUT2D eigenvalue weighted by Crippen LogP contribution is 2.35. The number of nitrogens with zero attached hydrogens (tertiary/aromatic N) is 2. The van der Waals surface area contributed by atoms with E-state index in [4.69, 9.17) is 4.74 Å². The highest BCUT2D eigenvalue weighted by Gasteiger charge is 2.32. The molecule has 3 unspecified atom stereocenters. The van der Waals surface area contributed by atoms with Crippen LogP contribution in [0, 0.1) is 11.8 Å². The summed E-state index contributed by atoms with van der Waals surface area (Å²) in [5, 5.41) is 3.39. The third-order valence-corrected chi connectivity index (χ3v) is 4.19. The molecule has 0 amide bonds. The number of aromatic nitrogens is 2. The molecular formula is C14H21N3O2. The SMILES string of the molecule is CCC1CCC(Nc2ncncc2C(=O)OC)C1C. The van der Waals surface area contributed by atoms with Crippen molar-refractivity contribution in [2.45, 2.75) is 39.2 Å². The number of nitrogens with one attached hydrogen (secondary N) is 1. The smallest absolute Gasteiger partial charge is 0.343 e. The van der Waals surface area contributed by atoms with Crippen LogP contribution in [0.2, 0.25) is 0 Å². The van der Waals surface area contributed by atoms with E-state index in [2.05, 4.69) is 29.1 Å². The molecule has 104 valence electrons. The van der Waals surface area contributed by atoms with Gasteiger partial charge in [-0.25, -0.2) is 14.8 Å². The van der Waals surface area contributed by atoms with Gasteiger partial charge in [-0.15, -0.1) is 0 Å². The molecule has 2 rings (SSSR count). The maximum absolute atomic E-state index is 11.7. The summed E-state index contributed by atoms with van der Waals surface area (Å²) in [4.78, 5) is 19.7. The average Bonchev–Trinajstić information content (AvgIpc) is 2.79. The van der Waals surface area contributed by atoms with E-state index in [9.17, 15) is 4.79 Å². The number of ether oxygens (including phenoxy) is 1. The fraction of sp³-hybridized carbons (Fsp3) is 0.643. The van der Waals surface area contributed by atoms with E-state index in [1.165, 1.54) is 32.5 Å². The Morgan fingerprint density at radius 1 is 1.53 bits per heavy atom. The second kappa shape index (κ2) is 5.99. The van der Waals surface area contributed by atoms with E-state index >= 15 is 0 Å². The highest BCUT2D eigenvalue weighted by molar-refractivity contribution is 5.94. The average molecular weight is 263 g/mol. The molecule has 1 aromatic heterocycles. The summed E-state index contributed by atoms with van der Waals surface area (Å²) < 4.78 is 4.75. The fourth-order valence-electron chi connectivity index (χ4n) is 2.91. The molecule has 1 fully saturated rings. The van der Waals surface area contributed by atoms with Crippen molar-refractivity contribution in [2.75, 3.05) is 12.4 Å². The number of hydrogen-bond donors (Lipinski definition) is 1. The van der Waals surface area contributed by atoms with E-state index in [0.717, 1.165) is 12.3 Å². The molecule has 3 atom stereocenters. The van der Waals surface area contributed by atoms with Gasteiger partial charge in [0.05, 0.1) is 7.11 Å². The van der Waals surface area contributed by atoms with Gasteiger partial charge >= 0.3 is 5.97 Å². The van der Waals surface area contributed by atoms with Gasteiger partial charge in [-0.2, -0.15) is 0 Å². The van der Waals surface area contributed by atoms with Crippen molar-refractivity contribution in [2.24, 2.45) is 11.8 Å². The van der Waals surface area contributed by atoms with E-state index in [1.54, 1.807) is 0 Å². The Morgan fingerprint density at radius 3 is 2.95 bits per heavy atom. The number of rotatable bonds is 4. The standard InChI is InChI=1S/C14H21N3O2/c1-4-10-5-6-12(9(10)2)17-13-11(14(18)19-3)7-15-8-16-13/h7-10,12H,4-6H2,1-3H3,(H,15,16,17). The Bertz CT molecular complexity index is 450. The minimum atomic E-state index is -0.402. The van der Waals surface area contributed by atoms with Crippen molar-refractivity contribution >= 4 is 11.8 Å². The number of methoxy groups -OCH3 is 1. The molecule has 1 aliphatic carbocycles. The Morgan fingerprint density at radius 2 is 2.32 bits per heavy atom. The molecule has 1 N–H and O–H groups in total. The van der Waals surface area contributed by atoms with Crippen molar-refractivity contribution in [3.05, 3.63) is 18.1 Å². The first kappa shape index (κ1) is 13.8. The van der Waals surface area contributed by atoms with E-state index in [0.29, 0.717) is 23.3 Å². The summed E-state index contributed by atoms with van der Waals surface area (Å²) in [6.45, 7) is 4.49. The summed E-state index contributed by atoms with van der Waals surface area (Å²) in [6.07, 6.45) is 6.50. The van der Waals surface area contributed by atoms with Gasteiger partial charge in [-0.1, -0.05) is 20.3 Å². The zero-order valence-electron chi connectivity index (χ0n) is 11.7. The van der Waals surface area contributed by atoms with E-state index in [1.807, 2.05) is 0 Å². The van der Waals surface area contributed by atoms with Gasteiger partial charge in [-0.3, -0.25) is 0 Å². The Kier molecular flexibility index (Phi) is 4.35. The quantitative estimate of drug-likeness (QED) is 0.845. The molecule has 0 aliphatic heterocycles. The van der Waals surface area contributed by atoms with Gasteiger partial charge in [0.25, 0.3) is 0 Å². The van der Waals surface area contributed by atoms with Crippen LogP contribution >= 0.6 is 0 Å². The number of carbonyl (C=O) groups is 1. The predicted molar refractivity (Wildman–Crippen MR) is 73.0 cm³/mol. The summed E-state index contributed by atoms with van der Waals surface area (Å²) in [7, 11) is 1.37. The molecule has 5 nitrogen and oxygen atoms in total. The second-order valence-electron chi connectivity index (χ2n) is 5.13. The number of carbonyl (C=O) groups excluding carboxylic acids is 1. The molecular weight excluding hydrogens is 242 g/mol. The van der Waals surface area contributed by atoms with Crippen molar-refractivity contribution in [1.82, 2.24) is 9.97 Å². The van der Waals surface area contributed by atoms with Crippen LogP contribution in [0.15, 0.2) is 12.5 Å². The Balaban J connectivity index is 2.14. The van der Waals surface area contributed by atoms with Gasteiger partial charge in [0.2, 0.25) is 0 Å². The summed E-state index contributed by atoms with van der Waals surface area (Å²) in [5.74, 6) is 1.52. The molecule has 1 saturated carbocycles. The lowest BCUT2D eigenvalue weighted by Gasteiger charge is -2.22. The Hall–Kier alpha value is -1.65. The molecule has 0 aromatic carbocycles. The maximum atomic E-state index is 11.7. The third kappa shape index (κ3) is 2.85. The lowest BCUT2D eigenvalue weighted by Crippen LogP contribution is -2.26. The molecule has 0 radical (unpaired) electrons. The number of hydrogen-bond acceptors (Lipinski definition) is 5. The zero-order valence-corrected chi connectivity index (χ0v) is 11.7. The zero-order chi connectivity index (χ0) is 13.8. The van der Waals surface area contributed by atoms with Crippen molar-refractivity contribution < 1.29 is 9.53 Å². The Labute approximate surface area is 113 Å². The van der Waals surface area contributed by atoms with Crippen molar-refractivity contribution in [3.63, 3.8) is 0 Å². The van der Waals surface area contributed by atoms with Crippen LogP contribution in [0.3, 0.4) is 0 Å². The predicted octanol–water partition coefficient (Wildman–Crippen LogP) is 2.50. The van der Waals surface area contributed by atoms with Crippen molar-refractivity contribution in [3.8, 4) is 0 Å². The van der Waals surface area contributed by atoms with Crippen LogP contribution in [-0.2, 0) is 4.74 Å². The third-order valence-electron chi connectivity index (χ3n) is 4.19. The molecule has 19 heavy (non-hydrogen) atoms. The first-order valence-electron chi connectivity index (χ1n) is 6.82. The number of esters is 1. The normalized spacial score (nSPS) is 26.2. The van der Waals surface area contributed by atoms with Crippen LogP contribution in [0.4, 0.5) is 5.82 Å². The van der Waals surface area contributed by atoms with Crippen LogP contribution in [0.25, 0.3) is 0 Å². The minimum Gasteiger partial charge on any atom is -0.465 e. The first-order valence-corrected chi connectivity index (χ1v) is 6.82. The fourth-order valence-corrected chi connectivity index (χ4v) is 2.91. The lowest BCUT2D eigenvalue weighted by molar-refractivity contribution is 0.0601. The van der Waals surface area contributed by atoms with Gasteiger partial charge in [0.15, 0.2) is 0 Å². The lowest BCUT2D eigenvalue weighted by atomic mass is 9.93. The molecule has 0 bridgehead atoms. The largest absolute Gasteiger partial charge is 0.465 e. The van der Waals surface area contributed by atoms with Crippen molar-refractivity contribution in [1.29, 1.82) is 0 Å². The van der Waals surface area contributed by atoms with Crippen LogP contribution in [-0.4, -0.2) is 29.1 Å². The summed E-state index contributed by atoms with van der Waals surface area (Å²) >= 11 is 0. The molecule has 1 aromatic rings. The molecule has 0 spiro atoms. The monoisotopic (exact) mass is 263 g/mol. The number of anilines is 1. The summed E-state index contributed by atoms with van der Waals surface area (Å²) in [6, 6.07) is 0.364. The van der Waals surface area contributed by atoms with E-state index in [-0.39, 0.29) is 0 Å². The molecule has 1 aliphatic rings. The van der Waals surface area contributed by atoms with Crippen LogP contribution in [0.1, 0.15) is 43.5 Å². The highest BCUT2D eigenvalue weighted by atomic mass is 16.5. The maximum Gasteiger partial charge on any atom is 0.343 e. The molecule has 5 heteroatoms. The molecule has 0 saturated heterocycles. The van der Waals surface area contributed by atoms with Crippen LogP contribution < -0.4 is 5.32 Å². The first-order chi connectivity index (χ1) is 9.17. The van der Waals surface area contributed by atoms with Gasteiger partial charge in [0.1, 0.15) is 17.7 Å². The second-order valence-corrected chi connectivity index (χ2v) is 5.13. The van der Waals surface area contributed by atoms with Gasteiger partial charge < -0.3 is 10.1 Å². The van der Waals surface area contributed by atoms with Crippen LogP contribution in [0.5, 0.6) is 0 Å². The van der Waals surface area contributed by atoms with Gasteiger partial charge in [-0.05, 0) is 24.7 Å². The molecule has 1 heterocycles. The topological polar surface area (TPSA) is 64.1 Å². The summed E-state index contributed by atoms with van der Waals surface area (Å²) in [5.41, 5.74) is 0.400.